The minimum absolute atomic E-state index is 0.139. The van der Waals surface area contributed by atoms with Crippen molar-refractivity contribution in [3.05, 3.63) is 33.8 Å². The van der Waals surface area contributed by atoms with E-state index in [1.807, 2.05) is 0 Å². The number of nitrogens with one attached hydrogen (secondary N) is 1. The standard InChI is InChI=1S/C12H10BrNO3/c1-8(15)14-6-2-3-9-4-5-10(12(16)17)7-11(9)13/h4-5,7H,6H2,1H3,(H,14,15)(H,16,17). The molecule has 1 aromatic carbocycles. The Bertz CT molecular complexity index is 514. The monoisotopic (exact) mass is 295 g/mol. The molecule has 1 aromatic rings. The van der Waals surface area contributed by atoms with Crippen LogP contribution in [0.2, 0.25) is 0 Å². The number of halogens is 1. The highest BCUT2D eigenvalue weighted by atomic mass is 79.9. The summed E-state index contributed by atoms with van der Waals surface area (Å²) < 4.78 is 0.618. The molecule has 0 aliphatic rings. The number of hydrogen-bond donors (Lipinski definition) is 2. The molecular formula is C12H10BrNO3. The van der Waals surface area contributed by atoms with Crippen molar-refractivity contribution in [3.8, 4) is 11.8 Å². The molecule has 0 saturated carbocycles. The van der Waals surface area contributed by atoms with Crippen molar-refractivity contribution in [2.45, 2.75) is 6.92 Å². The van der Waals surface area contributed by atoms with Crippen LogP contribution in [0.5, 0.6) is 0 Å². The first-order valence-corrected chi connectivity index (χ1v) is 5.56. The average Bonchev–Trinajstić information content (AvgIpc) is 2.25. The van der Waals surface area contributed by atoms with E-state index in [-0.39, 0.29) is 18.0 Å². The van der Waals surface area contributed by atoms with E-state index in [0.29, 0.717) is 10.0 Å². The Balaban J connectivity index is 2.79. The van der Waals surface area contributed by atoms with Crippen molar-refractivity contribution in [1.82, 2.24) is 5.32 Å². The molecule has 0 radical (unpaired) electrons. The number of aromatic carboxylic acids is 1. The van der Waals surface area contributed by atoms with E-state index >= 15 is 0 Å². The van der Waals surface area contributed by atoms with Crippen LogP contribution in [0.1, 0.15) is 22.8 Å². The third kappa shape index (κ3) is 4.29. The van der Waals surface area contributed by atoms with E-state index in [2.05, 4.69) is 33.1 Å². The maximum atomic E-state index is 10.7. The lowest BCUT2D eigenvalue weighted by molar-refractivity contribution is -0.118. The number of carboxylic acid groups (broad SMARTS) is 1. The van der Waals surface area contributed by atoms with Gasteiger partial charge < -0.3 is 10.4 Å². The zero-order valence-corrected chi connectivity index (χ0v) is 10.7. The van der Waals surface area contributed by atoms with E-state index in [0.717, 1.165) is 0 Å². The van der Waals surface area contributed by atoms with Crippen molar-refractivity contribution in [2.24, 2.45) is 0 Å². The molecule has 0 atom stereocenters. The molecule has 0 fully saturated rings. The van der Waals surface area contributed by atoms with Crippen LogP contribution in [-0.4, -0.2) is 23.5 Å². The van der Waals surface area contributed by atoms with Gasteiger partial charge in [-0.25, -0.2) is 4.79 Å². The van der Waals surface area contributed by atoms with E-state index in [4.69, 9.17) is 5.11 Å². The predicted octanol–water partition coefficient (Wildman–Crippen LogP) is 1.63. The zero-order chi connectivity index (χ0) is 12.8. The number of rotatable bonds is 2. The van der Waals surface area contributed by atoms with E-state index in [1.54, 1.807) is 6.07 Å². The Kier molecular flexibility index (Phi) is 4.73. The second-order valence-electron chi connectivity index (χ2n) is 3.21. The van der Waals surface area contributed by atoms with Crippen LogP contribution in [0.3, 0.4) is 0 Å². The molecule has 0 saturated heterocycles. The second-order valence-corrected chi connectivity index (χ2v) is 4.07. The van der Waals surface area contributed by atoms with Crippen molar-refractivity contribution < 1.29 is 14.7 Å². The molecule has 4 nitrogen and oxygen atoms in total. The van der Waals surface area contributed by atoms with Gasteiger partial charge in [-0.05, 0) is 34.1 Å². The van der Waals surface area contributed by atoms with E-state index in [1.165, 1.54) is 19.1 Å². The van der Waals surface area contributed by atoms with Crippen molar-refractivity contribution >= 4 is 27.8 Å². The van der Waals surface area contributed by atoms with Gasteiger partial charge in [-0.3, -0.25) is 4.79 Å². The molecule has 0 aliphatic carbocycles. The maximum Gasteiger partial charge on any atom is 0.335 e. The van der Waals surface area contributed by atoms with Gasteiger partial charge in [0.1, 0.15) is 0 Å². The number of benzene rings is 1. The molecule has 0 heterocycles. The normalized spacial score (nSPS) is 9.06. The smallest absolute Gasteiger partial charge is 0.335 e. The van der Waals surface area contributed by atoms with Crippen LogP contribution in [0, 0.1) is 11.8 Å². The van der Waals surface area contributed by atoms with Gasteiger partial charge in [-0.15, -0.1) is 0 Å². The van der Waals surface area contributed by atoms with Gasteiger partial charge in [-0.2, -0.15) is 0 Å². The predicted molar refractivity (Wildman–Crippen MR) is 66.7 cm³/mol. The fourth-order valence-electron chi connectivity index (χ4n) is 1.06. The largest absolute Gasteiger partial charge is 0.478 e. The van der Waals surface area contributed by atoms with Gasteiger partial charge in [0.15, 0.2) is 0 Å². The Morgan fingerprint density at radius 3 is 2.71 bits per heavy atom. The minimum Gasteiger partial charge on any atom is -0.478 e. The van der Waals surface area contributed by atoms with Gasteiger partial charge in [0, 0.05) is 17.0 Å². The van der Waals surface area contributed by atoms with Crippen LogP contribution in [0.25, 0.3) is 0 Å². The molecule has 1 amide bonds. The Morgan fingerprint density at radius 2 is 2.18 bits per heavy atom. The molecule has 17 heavy (non-hydrogen) atoms. The number of carboxylic acids is 1. The molecule has 1 rings (SSSR count). The lowest BCUT2D eigenvalue weighted by Gasteiger charge is -1.98. The topological polar surface area (TPSA) is 66.4 Å². The molecular weight excluding hydrogens is 286 g/mol. The molecule has 0 spiro atoms. The Morgan fingerprint density at radius 1 is 1.47 bits per heavy atom. The summed E-state index contributed by atoms with van der Waals surface area (Å²) in [6.45, 7) is 1.68. The van der Waals surface area contributed by atoms with Gasteiger partial charge in [0.25, 0.3) is 0 Å². The average molecular weight is 296 g/mol. The first-order chi connectivity index (χ1) is 8.00. The minimum atomic E-state index is -0.983. The highest BCUT2D eigenvalue weighted by molar-refractivity contribution is 9.10. The summed E-state index contributed by atoms with van der Waals surface area (Å²) in [4.78, 5) is 21.3. The van der Waals surface area contributed by atoms with Crippen LogP contribution in [0.4, 0.5) is 0 Å². The summed E-state index contributed by atoms with van der Waals surface area (Å²) in [5.41, 5.74) is 0.879. The number of hydrogen-bond acceptors (Lipinski definition) is 2. The Labute approximate surface area is 107 Å². The van der Waals surface area contributed by atoms with Crippen LogP contribution >= 0.6 is 15.9 Å². The summed E-state index contributed by atoms with van der Waals surface area (Å²) in [6, 6.07) is 4.59. The van der Waals surface area contributed by atoms with Gasteiger partial charge in [0.05, 0.1) is 12.1 Å². The second kappa shape index (κ2) is 6.06. The van der Waals surface area contributed by atoms with E-state index in [9.17, 15) is 9.59 Å². The fraction of sp³-hybridized carbons (Fsp3) is 0.167. The highest BCUT2D eigenvalue weighted by Gasteiger charge is 2.04. The van der Waals surface area contributed by atoms with Gasteiger partial charge >= 0.3 is 5.97 Å². The fourth-order valence-corrected chi connectivity index (χ4v) is 1.54. The molecule has 0 bridgehead atoms. The molecule has 2 N–H and O–H groups in total. The Hall–Kier alpha value is -1.80. The molecule has 0 aromatic heterocycles. The van der Waals surface area contributed by atoms with Gasteiger partial charge in [-0.1, -0.05) is 11.8 Å². The highest BCUT2D eigenvalue weighted by Crippen LogP contribution is 2.17. The van der Waals surface area contributed by atoms with Crippen LogP contribution in [0.15, 0.2) is 22.7 Å². The first kappa shape index (κ1) is 13.3. The van der Waals surface area contributed by atoms with Crippen molar-refractivity contribution in [3.63, 3.8) is 0 Å². The third-order valence-corrected chi connectivity index (χ3v) is 2.52. The molecule has 0 unspecified atom stereocenters. The summed E-state index contributed by atoms with van der Waals surface area (Å²) in [7, 11) is 0. The quantitative estimate of drug-likeness (QED) is 0.815. The number of carbonyl (C=O) groups excluding carboxylic acids is 1. The summed E-state index contributed by atoms with van der Waals surface area (Å²) >= 11 is 3.24. The summed E-state index contributed by atoms with van der Waals surface area (Å²) in [5, 5.41) is 11.3. The van der Waals surface area contributed by atoms with Crippen molar-refractivity contribution in [2.75, 3.05) is 6.54 Å². The van der Waals surface area contributed by atoms with Crippen molar-refractivity contribution in [1.29, 1.82) is 0 Å². The first-order valence-electron chi connectivity index (χ1n) is 4.77. The molecule has 88 valence electrons. The van der Waals surface area contributed by atoms with Crippen LogP contribution < -0.4 is 5.32 Å². The van der Waals surface area contributed by atoms with E-state index < -0.39 is 5.97 Å². The lowest BCUT2D eigenvalue weighted by atomic mass is 10.1. The molecule has 5 heteroatoms. The number of amides is 1. The zero-order valence-electron chi connectivity index (χ0n) is 9.08. The summed E-state index contributed by atoms with van der Waals surface area (Å²) in [5.74, 6) is 4.47. The summed E-state index contributed by atoms with van der Waals surface area (Å²) in [6.07, 6.45) is 0. The third-order valence-electron chi connectivity index (χ3n) is 1.86. The molecule has 0 aliphatic heterocycles. The SMILES string of the molecule is CC(=O)NCC#Cc1ccc(C(=O)O)cc1Br. The maximum absolute atomic E-state index is 10.7. The lowest BCUT2D eigenvalue weighted by Crippen LogP contribution is -2.19. The van der Waals surface area contributed by atoms with Crippen LogP contribution in [-0.2, 0) is 4.79 Å². The number of carbonyl (C=O) groups is 2. The van der Waals surface area contributed by atoms with Gasteiger partial charge in [0.2, 0.25) is 5.91 Å².